The lowest BCUT2D eigenvalue weighted by Gasteiger charge is -2.09. The monoisotopic (exact) mass is 242 g/mol. The van der Waals surface area contributed by atoms with Gasteiger partial charge >= 0.3 is 0 Å². The Labute approximate surface area is 85.6 Å². The molecular weight excluding hydrogens is 232 g/mol. The fourth-order valence-electron chi connectivity index (χ4n) is 0.946. The van der Waals surface area contributed by atoms with Gasteiger partial charge in [0.2, 0.25) is 5.91 Å². The van der Waals surface area contributed by atoms with Crippen LogP contribution in [0, 0.1) is 0 Å². The van der Waals surface area contributed by atoms with Crippen LogP contribution in [0.4, 0.5) is 0 Å². The molecule has 0 aliphatic carbocycles. The third-order valence-corrected chi connectivity index (χ3v) is 2.13. The predicted molar refractivity (Wildman–Crippen MR) is 54.8 cm³/mol. The fraction of sp³-hybridized carbons (Fsp3) is 0.222. The highest BCUT2D eigenvalue weighted by Crippen LogP contribution is 2.12. The number of likely N-dealkylation sites (N-methyl/N-ethyl adjacent to an activating group) is 1. The summed E-state index contributed by atoms with van der Waals surface area (Å²) >= 11 is 3.33. The number of hydrogen-bond donors (Lipinski definition) is 1. The summed E-state index contributed by atoms with van der Waals surface area (Å²) in [6, 6.07) is 7.61. The van der Waals surface area contributed by atoms with Crippen molar-refractivity contribution in [2.24, 2.45) is 5.84 Å². The normalized spacial score (nSPS) is 9.77. The van der Waals surface area contributed by atoms with Crippen molar-refractivity contribution < 1.29 is 4.79 Å². The van der Waals surface area contributed by atoms with Crippen molar-refractivity contribution in [2.75, 3.05) is 7.05 Å². The van der Waals surface area contributed by atoms with Crippen molar-refractivity contribution >= 4 is 21.8 Å². The smallest absolute Gasteiger partial charge is 0.240 e. The Morgan fingerprint density at radius 3 is 2.85 bits per heavy atom. The zero-order valence-corrected chi connectivity index (χ0v) is 8.91. The Bertz CT molecular complexity index is 312. The van der Waals surface area contributed by atoms with Crippen LogP contribution in [0.25, 0.3) is 0 Å². The SMILES string of the molecule is CN(N)C(=O)Cc1cccc(Br)c1. The Hall–Kier alpha value is -0.870. The minimum Gasteiger partial charge on any atom is -0.284 e. The summed E-state index contributed by atoms with van der Waals surface area (Å²) in [5.74, 6) is 5.19. The van der Waals surface area contributed by atoms with E-state index in [0.717, 1.165) is 15.0 Å². The fourth-order valence-corrected chi connectivity index (χ4v) is 1.39. The number of nitrogens with zero attached hydrogens (tertiary/aromatic N) is 1. The first-order valence-electron chi connectivity index (χ1n) is 3.85. The van der Waals surface area contributed by atoms with E-state index < -0.39 is 0 Å². The van der Waals surface area contributed by atoms with E-state index in [1.54, 1.807) is 7.05 Å². The molecule has 0 unspecified atom stereocenters. The summed E-state index contributed by atoms with van der Waals surface area (Å²) in [6.45, 7) is 0. The van der Waals surface area contributed by atoms with E-state index in [9.17, 15) is 4.79 Å². The number of benzene rings is 1. The van der Waals surface area contributed by atoms with E-state index in [0.29, 0.717) is 6.42 Å². The second-order valence-corrected chi connectivity index (χ2v) is 3.73. The summed E-state index contributed by atoms with van der Waals surface area (Å²) in [6.07, 6.45) is 0.340. The number of nitrogens with two attached hydrogens (primary N) is 1. The van der Waals surface area contributed by atoms with Gasteiger partial charge in [-0.3, -0.25) is 9.80 Å². The molecule has 1 rings (SSSR count). The van der Waals surface area contributed by atoms with Crippen LogP contribution in [-0.2, 0) is 11.2 Å². The van der Waals surface area contributed by atoms with Crippen LogP contribution in [0.5, 0.6) is 0 Å². The topological polar surface area (TPSA) is 46.3 Å². The van der Waals surface area contributed by atoms with E-state index in [4.69, 9.17) is 5.84 Å². The second kappa shape index (κ2) is 4.39. The molecule has 1 aromatic rings. The lowest BCUT2D eigenvalue weighted by molar-refractivity contribution is -0.129. The van der Waals surface area contributed by atoms with Gasteiger partial charge in [-0.25, -0.2) is 5.84 Å². The van der Waals surface area contributed by atoms with E-state index in [1.165, 1.54) is 0 Å². The van der Waals surface area contributed by atoms with E-state index in [1.807, 2.05) is 24.3 Å². The molecular formula is C9H11BrN2O. The summed E-state index contributed by atoms with van der Waals surface area (Å²) in [4.78, 5) is 11.2. The molecule has 70 valence electrons. The molecule has 0 saturated heterocycles. The van der Waals surface area contributed by atoms with Gasteiger partial charge in [0.25, 0.3) is 0 Å². The molecule has 3 nitrogen and oxygen atoms in total. The second-order valence-electron chi connectivity index (χ2n) is 2.81. The molecule has 0 aliphatic heterocycles. The van der Waals surface area contributed by atoms with Crippen LogP contribution in [0.15, 0.2) is 28.7 Å². The van der Waals surface area contributed by atoms with Crippen molar-refractivity contribution in [3.05, 3.63) is 34.3 Å². The number of halogens is 1. The van der Waals surface area contributed by atoms with Crippen LogP contribution in [0.2, 0.25) is 0 Å². The molecule has 0 aromatic heterocycles. The number of hydrogen-bond acceptors (Lipinski definition) is 2. The first kappa shape index (κ1) is 10.2. The number of amides is 1. The van der Waals surface area contributed by atoms with E-state index in [-0.39, 0.29) is 5.91 Å². The lowest BCUT2D eigenvalue weighted by Crippen LogP contribution is -2.34. The maximum atomic E-state index is 11.2. The zero-order chi connectivity index (χ0) is 9.84. The van der Waals surface area contributed by atoms with Gasteiger partial charge in [-0.2, -0.15) is 0 Å². The number of carbonyl (C=O) groups is 1. The lowest BCUT2D eigenvalue weighted by atomic mass is 10.1. The third-order valence-electron chi connectivity index (χ3n) is 1.64. The van der Waals surface area contributed by atoms with Crippen LogP contribution >= 0.6 is 15.9 Å². The summed E-state index contributed by atoms with van der Waals surface area (Å²) < 4.78 is 0.970. The number of carbonyl (C=O) groups excluding carboxylic acids is 1. The van der Waals surface area contributed by atoms with Crippen molar-refractivity contribution in [2.45, 2.75) is 6.42 Å². The van der Waals surface area contributed by atoms with Gasteiger partial charge in [0.15, 0.2) is 0 Å². The highest BCUT2D eigenvalue weighted by Gasteiger charge is 2.05. The molecule has 4 heteroatoms. The average Bonchev–Trinajstić information content (AvgIpc) is 2.04. The van der Waals surface area contributed by atoms with Gasteiger partial charge in [-0.15, -0.1) is 0 Å². The maximum Gasteiger partial charge on any atom is 0.240 e. The van der Waals surface area contributed by atoms with Crippen LogP contribution < -0.4 is 5.84 Å². The van der Waals surface area contributed by atoms with E-state index in [2.05, 4.69) is 15.9 Å². The molecule has 0 spiro atoms. The molecule has 0 aliphatic rings. The van der Waals surface area contributed by atoms with Gasteiger partial charge in [0.1, 0.15) is 0 Å². The third kappa shape index (κ3) is 3.16. The standard InChI is InChI=1S/C9H11BrN2O/c1-12(11)9(13)6-7-3-2-4-8(10)5-7/h2-5H,6,11H2,1H3. The van der Waals surface area contributed by atoms with Gasteiger partial charge in [-0.05, 0) is 17.7 Å². The molecule has 1 amide bonds. The molecule has 0 fully saturated rings. The first-order valence-corrected chi connectivity index (χ1v) is 4.64. The Morgan fingerprint density at radius 2 is 2.31 bits per heavy atom. The molecule has 0 atom stereocenters. The molecule has 0 bridgehead atoms. The van der Waals surface area contributed by atoms with Crippen molar-refractivity contribution in [1.29, 1.82) is 0 Å². The molecule has 0 heterocycles. The predicted octanol–water partition coefficient (Wildman–Crippen LogP) is 1.32. The molecule has 13 heavy (non-hydrogen) atoms. The molecule has 0 saturated carbocycles. The first-order chi connectivity index (χ1) is 6.09. The van der Waals surface area contributed by atoms with Crippen LogP contribution in [-0.4, -0.2) is 18.0 Å². The van der Waals surface area contributed by atoms with Crippen molar-refractivity contribution in [3.8, 4) is 0 Å². The summed E-state index contributed by atoms with van der Waals surface area (Å²) in [5, 5.41) is 1.10. The van der Waals surface area contributed by atoms with Crippen molar-refractivity contribution in [1.82, 2.24) is 5.01 Å². The largest absolute Gasteiger partial charge is 0.284 e. The minimum atomic E-state index is -0.0990. The van der Waals surface area contributed by atoms with Crippen molar-refractivity contribution in [3.63, 3.8) is 0 Å². The quantitative estimate of drug-likeness (QED) is 0.483. The maximum absolute atomic E-state index is 11.2. The number of hydrazine groups is 1. The molecule has 1 aromatic carbocycles. The van der Waals surface area contributed by atoms with Gasteiger partial charge in [0.05, 0.1) is 6.42 Å². The minimum absolute atomic E-state index is 0.0990. The number of rotatable bonds is 2. The van der Waals surface area contributed by atoms with Crippen LogP contribution in [0.3, 0.4) is 0 Å². The molecule has 0 radical (unpaired) electrons. The van der Waals surface area contributed by atoms with Crippen LogP contribution in [0.1, 0.15) is 5.56 Å². The van der Waals surface area contributed by atoms with Gasteiger partial charge < -0.3 is 0 Å². The average molecular weight is 243 g/mol. The van der Waals surface area contributed by atoms with Gasteiger partial charge in [-0.1, -0.05) is 28.1 Å². The summed E-state index contributed by atoms with van der Waals surface area (Å²) in [7, 11) is 1.54. The van der Waals surface area contributed by atoms with Gasteiger partial charge in [0, 0.05) is 11.5 Å². The highest BCUT2D eigenvalue weighted by atomic mass is 79.9. The highest BCUT2D eigenvalue weighted by molar-refractivity contribution is 9.10. The Balaban J connectivity index is 2.69. The summed E-state index contributed by atoms with van der Waals surface area (Å²) in [5.41, 5.74) is 0.955. The zero-order valence-electron chi connectivity index (χ0n) is 7.33. The Kier molecular flexibility index (Phi) is 3.45. The molecule has 2 N–H and O–H groups in total. The van der Waals surface area contributed by atoms with E-state index >= 15 is 0 Å². The Morgan fingerprint density at radius 1 is 1.62 bits per heavy atom.